The van der Waals surface area contributed by atoms with Gasteiger partial charge in [-0.25, -0.2) is 4.98 Å². The summed E-state index contributed by atoms with van der Waals surface area (Å²) in [6.45, 7) is 6.00. The minimum atomic E-state index is 0.158. The van der Waals surface area contributed by atoms with Crippen molar-refractivity contribution in [2.45, 2.75) is 46.0 Å². The fourth-order valence-electron chi connectivity index (χ4n) is 3.65. The summed E-state index contributed by atoms with van der Waals surface area (Å²) in [5, 5.41) is 10.8. The second-order valence-corrected chi connectivity index (χ2v) is 7.80. The average Bonchev–Trinajstić information content (AvgIpc) is 3.05. The number of nitrogens with zero attached hydrogens (tertiary/aromatic N) is 2. The van der Waals surface area contributed by atoms with Crippen LogP contribution >= 0.6 is 0 Å². The summed E-state index contributed by atoms with van der Waals surface area (Å²) in [4.78, 5) is 19.0. The van der Waals surface area contributed by atoms with E-state index < -0.39 is 0 Å². The third kappa shape index (κ3) is 6.04. The molecule has 0 bridgehead atoms. The van der Waals surface area contributed by atoms with Crippen molar-refractivity contribution in [3.8, 4) is 0 Å². The van der Waals surface area contributed by atoms with E-state index in [4.69, 9.17) is 19.5 Å². The summed E-state index contributed by atoms with van der Waals surface area (Å²) in [6.07, 6.45) is 9.37. The SMILES string of the molecule is CCN(CCOC)c1cc(N/C=C\CC(C)=N)nc2cc(C3=CC(=O)CCCC3)oc12. The molecule has 0 saturated heterocycles. The molecule has 0 saturated carbocycles. The van der Waals surface area contributed by atoms with Gasteiger partial charge in [-0.05, 0) is 51.0 Å². The van der Waals surface area contributed by atoms with Crippen molar-refractivity contribution >= 4 is 39.7 Å². The second kappa shape index (κ2) is 10.9. The molecule has 31 heavy (non-hydrogen) atoms. The van der Waals surface area contributed by atoms with Crippen LogP contribution in [0.2, 0.25) is 0 Å². The highest BCUT2D eigenvalue weighted by molar-refractivity contribution is 5.98. The Labute approximate surface area is 183 Å². The number of ketones is 1. The maximum absolute atomic E-state index is 12.1. The molecule has 7 nitrogen and oxygen atoms in total. The molecule has 166 valence electrons. The van der Waals surface area contributed by atoms with Crippen LogP contribution in [0, 0.1) is 5.41 Å². The molecule has 3 rings (SSSR count). The van der Waals surface area contributed by atoms with Crippen molar-refractivity contribution in [3.05, 3.63) is 36.2 Å². The van der Waals surface area contributed by atoms with Crippen molar-refractivity contribution in [2.75, 3.05) is 37.0 Å². The van der Waals surface area contributed by atoms with E-state index in [1.165, 1.54) is 0 Å². The Morgan fingerprint density at radius 1 is 1.35 bits per heavy atom. The highest BCUT2D eigenvalue weighted by Gasteiger charge is 2.19. The quantitative estimate of drug-likeness (QED) is 0.511. The monoisotopic (exact) mass is 424 g/mol. The molecule has 0 fully saturated rings. The molecule has 0 unspecified atom stereocenters. The van der Waals surface area contributed by atoms with Gasteiger partial charge in [0.1, 0.15) is 17.1 Å². The van der Waals surface area contributed by atoms with Crippen LogP contribution in [0.25, 0.3) is 16.7 Å². The molecule has 0 amide bonds. The number of ether oxygens (including phenoxy) is 1. The van der Waals surface area contributed by atoms with E-state index in [0.717, 1.165) is 54.7 Å². The lowest BCUT2D eigenvalue weighted by Crippen LogP contribution is -2.27. The molecular formula is C24H32N4O3. The molecule has 1 aliphatic rings. The standard InChI is InChI=1S/C24H32N4O3/c1-4-28(12-13-30-3)21-16-23(26-11-7-8-17(2)25)27-20-15-22(31-24(20)21)18-9-5-6-10-19(29)14-18/h7,11,14-16,25H,4-6,8-10,12-13H2,1-3H3,(H,26,27)/b11-7-,25-17?. The predicted octanol–water partition coefficient (Wildman–Crippen LogP) is 5.18. The van der Waals surface area contributed by atoms with Gasteiger partial charge in [-0.1, -0.05) is 6.08 Å². The Balaban J connectivity index is 2.01. The lowest BCUT2D eigenvalue weighted by Gasteiger charge is -2.23. The van der Waals surface area contributed by atoms with Gasteiger partial charge in [0.05, 0.1) is 12.3 Å². The Kier molecular flexibility index (Phi) is 8.00. The van der Waals surface area contributed by atoms with Crippen molar-refractivity contribution < 1.29 is 13.9 Å². The van der Waals surface area contributed by atoms with Crippen LogP contribution in [0.3, 0.4) is 0 Å². The Hall–Kier alpha value is -2.93. The number of hydrogen-bond acceptors (Lipinski definition) is 7. The maximum Gasteiger partial charge on any atom is 0.176 e. The van der Waals surface area contributed by atoms with Crippen molar-refractivity contribution in [1.29, 1.82) is 5.41 Å². The summed E-state index contributed by atoms with van der Waals surface area (Å²) in [5.41, 5.74) is 3.96. The number of carbonyl (C=O) groups excluding carboxylic acids is 1. The average molecular weight is 425 g/mol. The summed E-state index contributed by atoms with van der Waals surface area (Å²) in [7, 11) is 1.69. The van der Waals surface area contributed by atoms with E-state index in [1.807, 2.05) is 24.4 Å². The largest absolute Gasteiger partial charge is 0.453 e. The first-order chi connectivity index (χ1) is 15.0. The zero-order valence-corrected chi connectivity index (χ0v) is 18.7. The number of hydrogen-bond donors (Lipinski definition) is 2. The lowest BCUT2D eigenvalue weighted by molar-refractivity contribution is -0.114. The number of aromatic nitrogens is 1. The topological polar surface area (TPSA) is 91.5 Å². The van der Waals surface area contributed by atoms with Gasteiger partial charge in [-0.15, -0.1) is 0 Å². The number of likely N-dealkylation sites (N-methyl/N-ethyl adjacent to an activating group) is 1. The van der Waals surface area contributed by atoms with Gasteiger partial charge in [0.2, 0.25) is 0 Å². The number of fused-ring (bicyclic) bond motifs is 1. The zero-order chi connectivity index (χ0) is 22.2. The molecule has 0 atom stereocenters. The van der Waals surface area contributed by atoms with Gasteiger partial charge in [-0.2, -0.15) is 0 Å². The van der Waals surface area contributed by atoms with E-state index in [0.29, 0.717) is 36.7 Å². The molecule has 2 aromatic heterocycles. The van der Waals surface area contributed by atoms with Gasteiger partial charge in [-0.3, -0.25) is 4.79 Å². The zero-order valence-electron chi connectivity index (χ0n) is 18.7. The van der Waals surface area contributed by atoms with Gasteiger partial charge in [0.15, 0.2) is 11.4 Å². The van der Waals surface area contributed by atoms with Gasteiger partial charge >= 0.3 is 0 Å². The van der Waals surface area contributed by atoms with Crippen molar-refractivity contribution in [3.63, 3.8) is 0 Å². The van der Waals surface area contributed by atoms with Crippen LogP contribution in [0.15, 0.2) is 34.9 Å². The number of methoxy groups -OCH3 is 1. The molecule has 2 N–H and O–H groups in total. The molecule has 0 spiro atoms. The number of allylic oxidation sites excluding steroid dienone is 3. The number of pyridine rings is 1. The number of nitrogens with one attached hydrogen (secondary N) is 2. The van der Waals surface area contributed by atoms with E-state index in [2.05, 4.69) is 17.1 Å². The minimum absolute atomic E-state index is 0.158. The van der Waals surface area contributed by atoms with Crippen molar-refractivity contribution in [1.82, 2.24) is 4.98 Å². The lowest BCUT2D eigenvalue weighted by atomic mass is 10.1. The summed E-state index contributed by atoms with van der Waals surface area (Å²) in [6, 6.07) is 3.91. The third-order valence-electron chi connectivity index (χ3n) is 5.29. The van der Waals surface area contributed by atoms with E-state index in [-0.39, 0.29) is 5.78 Å². The third-order valence-corrected chi connectivity index (χ3v) is 5.29. The fourth-order valence-corrected chi connectivity index (χ4v) is 3.65. The van der Waals surface area contributed by atoms with E-state index in [1.54, 1.807) is 20.1 Å². The normalized spacial score (nSPS) is 14.7. The van der Waals surface area contributed by atoms with Crippen LogP contribution < -0.4 is 10.2 Å². The summed E-state index contributed by atoms with van der Waals surface area (Å²) >= 11 is 0. The molecule has 0 aliphatic heterocycles. The molecule has 0 radical (unpaired) electrons. The number of furan rings is 1. The van der Waals surface area contributed by atoms with E-state index in [9.17, 15) is 4.79 Å². The molecule has 7 heteroatoms. The van der Waals surface area contributed by atoms with Crippen molar-refractivity contribution in [2.24, 2.45) is 0 Å². The minimum Gasteiger partial charge on any atom is -0.453 e. The van der Waals surface area contributed by atoms with Crippen LogP contribution in [0.5, 0.6) is 0 Å². The predicted molar refractivity (Wildman–Crippen MR) is 126 cm³/mol. The summed E-state index contributed by atoms with van der Waals surface area (Å²) in [5.74, 6) is 1.58. The van der Waals surface area contributed by atoms with Gasteiger partial charge in [0.25, 0.3) is 0 Å². The Bertz CT molecular complexity index is 990. The first-order valence-corrected chi connectivity index (χ1v) is 10.9. The molecular weight excluding hydrogens is 392 g/mol. The fraction of sp³-hybridized carbons (Fsp3) is 0.458. The highest BCUT2D eigenvalue weighted by Crippen LogP contribution is 2.35. The van der Waals surface area contributed by atoms with E-state index >= 15 is 0 Å². The smallest absolute Gasteiger partial charge is 0.176 e. The molecule has 1 aliphatic carbocycles. The first kappa shape index (κ1) is 22.7. The maximum atomic E-state index is 12.1. The van der Waals surface area contributed by atoms with Gasteiger partial charge < -0.3 is 24.8 Å². The van der Waals surface area contributed by atoms with Crippen LogP contribution in [-0.2, 0) is 9.53 Å². The number of carbonyl (C=O) groups is 1. The Morgan fingerprint density at radius 3 is 2.90 bits per heavy atom. The van der Waals surface area contributed by atoms with Crippen LogP contribution in [-0.4, -0.2) is 43.3 Å². The van der Waals surface area contributed by atoms with Crippen LogP contribution in [0.1, 0.15) is 51.7 Å². The molecule has 2 heterocycles. The number of anilines is 2. The van der Waals surface area contributed by atoms with Crippen LogP contribution in [0.4, 0.5) is 11.5 Å². The second-order valence-electron chi connectivity index (χ2n) is 7.80. The Morgan fingerprint density at radius 2 is 2.16 bits per heavy atom. The molecule has 0 aromatic carbocycles. The highest BCUT2D eigenvalue weighted by atomic mass is 16.5. The molecule has 2 aromatic rings. The first-order valence-electron chi connectivity index (χ1n) is 10.9. The summed E-state index contributed by atoms with van der Waals surface area (Å²) < 4.78 is 11.6. The van der Waals surface area contributed by atoms with Gasteiger partial charge in [0, 0.05) is 50.9 Å². The number of rotatable bonds is 10.